The molecule has 1 amide bonds. The summed E-state index contributed by atoms with van der Waals surface area (Å²) in [4.78, 5) is 14.5. The van der Waals surface area contributed by atoms with Crippen molar-refractivity contribution in [1.82, 2.24) is 4.90 Å². The molecule has 3 rings (SSSR count). The van der Waals surface area contributed by atoms with Gasteiger partial charge in [0.1, 0.15) is 5.75 Å². The van der Waals surface area contributed by atoms with Crippen LogP contribution in [0.5, 0.6) is 5.75 Å². The lowest BCUT2D eigenvalue weighted by Crippen LogP contribution is -2.32. The molecule has 21 heavy (non-hydrogen) atoms. The Hall–Kier alpha value is -1.55. The number of nitrogens with zero attached hydrogens (tertiary/aromatic N) is 1. The molecule has 4 heteroatoms. The zero-order valence-electron chi connectivity index (χ0n) is 12.6. The minimum Gasteiger partial charge on any atom is -0.497 e. The molecule has 114 valence electrons. The summed E-state index contributed by atoms with van der Waals surface area (Å²) in [6, 6.07) is 8.10. The van der Waals surface area contributed by atoms with Crippen LogP contribution in [0.1, 0.15) is 24.8 Å². The summed E-state index contributed by atoms with van der Waals surface area (Å²) in [5.74, 6) is 2.31. The molecule has 0 bridgehead atoms. The van der Waals surface area contributed by atoms with E-state index in [1.807, 2.05) is 29.2 Å². The Kier molecular flexibility index (Phi) is 4.15. The summed E-state index contributed by atoms with van der Waals surface area (Å²) in [5, 5.41) is 0. The third-order valence-corrected chi connectivity index (χ3v) is 4.93. The standard InChI is InChI=1S/C17H24N2O2/c1-21-16-4-2-3-12(7-16)8-17(20)19-10-13-5-6-15(18)9-14(13)11-19/h2-4,7,13-15H,5-6,8-11,18H2,1H3/t13-,14+,15?/m1/s1. The van der Waals surface area contributed by atoms with E-state index in [0.29, 0.717) is 24.3 Å². The van der Waals surface area contributed by atoms with E-state index in [1.165, 1.54) is 6.42 Å². The van der Waals surface area contributed by atoms with Gasteiger partial charge in [-0.3, -0.25) is 4.79 Å². The molecule has 1 heterocycles. The van der Waals surface area contributed by atoms with Gasteiger partial charge < -0.3 is 15.4 Å². The maximum absolute atomic E-state index is 12.5. The van der Waals surface area contributed by atoms with Crippen molar-refractivity contribution >= 4 is 5.91 Å². The van der Waals surface area contributed by atoms with E-state index in [2.05, 4.69) is 0 Å². The summed E-state index contributed by atoms with van der Waals surface area (Å²) in [7, 11) is 1.65. The molecule has 1 aliphatic heterocycles. The number of benzene rings is 1. The first-order valence-electron chi connectivity index (χ1n) is 7.82. The Morgan fingerprint density at radius 1 is 1.33 bits per heavy atom. The van der Waals surface area contributed by atoms with Crippen LogP contribution in [-0.4, -0.2) is 37.0 Å². The fourth-order valence-electron chi connectivity index (χ4n) is 3.74. The number of rotatable bonds is 3. The van der Waals surface area contributed by atoms with Crippen LogP contribution in [0.2, 0.25) is 0 Å². The average Bonchev–Trinajstić information content (AvgIpc) is 2.90. The first-order chi connectivity index (χ1) is 10.2. The summed E-state index contributed by atoms with van der Waals surface area (Å²) >= 11 is 0. The number of hydrogen-bond donors (Lipinski definition) is 1. The molecule has 4 nitrogen and oxygen atoms in total. The van der Waals surface area contributed by atoms with Gasteiger partial charge in [0.15, 0.2) is 0 Å². The van der Waals surface area contributed by atoms with Gasteiger partial charge in [0.25, 0.3) is 0 Å². The van der Waals surface area contributed by atoms with E-state index in [0.717, 1.165) is 37.2 Å². The highest BCUT2D eigenvalue weighted by atomic mass is 16.5. The summed E-state index contributed by atoms with van der Waals surface area (Å²) in [6.45, 7) is 1.81. The summed E-state index contributed by atoms with van der Waals surface area (Å²) in [6.07, 6.45) is 3.82. The van der Waals surface area contributed by atoms with Crippen LogP contribution in [0.4, 0.5) is 0 Å². The number of ether oxygens (including phenoxy) is 1. The Morgan fingerprint density at radius 2 is 2.14 bits per heavy atom. The van der Waals surface area contributed by atoms with Gasteiger partial charge in [0.05, 0.1) is 13.5 Å². The molecule has 0 aromatic heterocycles. The molecule has 1 unspecified atom stereocenters. The van der Waals surface area contributed by atoms with Gasteiger partial charge in [-0.25, -0.2) is 0 Å². The smallest absolute Gasteiger partial charge is 0.227 e. The third kappa shape index (κ3) is 3.21. The van der Waals surface area contributed by atoms with Crippen LogP contribution in [0.25, 0.3) is 0 Å². The molecule has 1 aliphatic carbocycles. The highest BCUT2D eigenvalue weighted by Gasteiger charge is 2.38. The molecule has 2 fully saturated rings. The number of fused-ring (bicyclic) bond motifs is 1. The van der Waals surface area contributed by atoms with Crippen molar-refractivity contribution in [2.45, 2.75) is 31.7 Å². The Bertz CT molecular complexity index is 517. The topological polar surface area (TPSA) is 55.6 Å². The number of carbonyl (C=O) groups is 1. The number of likely N-dealkylation sites (tertiary alicyclic amines) is 1. The molecule has 3 atom stereocenters. The fourth-order valence-corrected chi connectivity index (χ4v) is 3.74. The van der Waals surface area contributed by atoms with E-state index in [9.17, 15) is 4.79 Å². The molecule has 2 N–H and O–H groups in total. The fraction of sp³-hybridized carbons (Fsp3) is 0.588. The van der Waals surface area contributed by atoms with Crippen molar-refractivity contribution in [3.05, 3.63) is 29.8 Å². The zero-order valence-corrected chi connectivity index (χ0v) is 12.6. The van der Waals surface area contributed by atoms with Gasteiger partial charge in [-0.2, -0.15) is 0 Å². The Morgan fingerprint density at radius 3 is 2.95 bits per heavy atom. The summed E-state index contributed by atoms with van der Waals surface area (Å²) in [5.41, 5.74) is 7.07. The molecule has 1 saturated heterocycles. The molecule has 2 aliphatic rings. The lowest BCUT2D eigenvalue weighted by molar-refractivity contribution is -0.129. The van der Waals surface area contributed by atoms with Crippen molar-refractivity contribution in [2.24, 2.45) is 17.6 Å². The molecule has 0 radical (unpaired) electrons. The molecule has 0 spiro atoms. The largest absolute Gasteiger partial charge is 0.497 e. The number of methoxy groups -OCH3 is 1. The Balaban J connectivity index is 1.61. The predicted octanol–water partition coefficient (Wildman–Crippen LogP) is 1.82. The van der Waals surface area contributed by atoms with Crippen molar-refractivity contribution in [3.63, 3.8) is 0 Å². The van der Waals surface area contributed by atoms with Crippen LogP contribution in [0.15, 0.2) is 24.3 Å². The van der Waals surface area contributed by atoms with E-state index in [-0.39, 0.29) is 5.91 Å². The van der Waals surface area contributed by atoms with Crippen LogP contribution in [-0.2, 0) is 11.2 Å². The first-order valence-corrected chi connectivity index (χ1v) is 7.82. The molecule has 1 aromatic rings. The molecular formula is C17H24N2O2. The van der Waals surface area contributed by atoms with Crippen molar-refractivity contribution < 1.29 is 9.53 Å². The minimum absolute atomic E-state index is 0.228. The molecule has 1 saturated carbocycles. The monoisotopic (exact) mass is 288 g/mol. The zero-order chi connectivity index (χ0) is 14.8. The number of amides is 1. The second kappa shape index (κ2) is 6.06. The van der Waals surface area contributed by atoms with Crippen molar-refractivity contribution in [1.29, 1.82) is 0 Å². The van der Waals surface area contributed by atoms with Gasteiger partial charge in [0.2, 0.25) is 5.91 Å². The van der Waals surface area contributed by atoms with E-state index < -0.39 is 0 Å². The van der Waals surface area contributed by atoms with Crippen molar-refractivity contribution in [3.8, 4) is 5.75 Å². The first kappa shape index (κ1) is 14.4. The Labute approximate surface area is 126 Å². The van der Waals surface area contributed by atoms with Crippen LogP contribution < -0.4 is 10.5 Å². The third-order valence-electron chi connectivity index (χ3n) is 4.93. The van der Waals surface area contributed by atoms with Gasteiger partial charge in [-0.15, -0.1) is 0 Å². The lowest BCUT2D eigenvalue weighted by Gasteiger charge is -2.27. The minimum atomic E-state index is 0.228. The van der Waals surface area contributed by atoms with Gasteiger partial charge in [-0.05, 0) is 48.8 Å². The second-order valence-electron chi connectivity index (χ2n) is 6.42. The van der Waals surface area contributed by atoms with E-state index in [4.69, 9.17) is 10.5 Å². The highest BCUT2D eigenvalue weighted by molar-refractivity contribution is 5.79. The molecule has 1 aromatic carbocycles. The van der Waals surface area contributed by atoms with Crippen LogP contribution >= 0.6 is 0 Å². The normalized spacial score (nSPS) is 28.3. The second-order valence-corrected chi connectivity index (χ2v) is 6.42. The summed E-state index contributed by atoms with van der Waals surface area (Å²) < 4.78 is 5.21. The van der Waals surface area contributed by atoms with Crippen LogP contribution in [0.3, 0.4) is 0 Å². The number of nitrogens with two attached hydrogens (primary N) is 1. The predicted molar refractivity (Wildman–Crippen MR) is 82.1 cm³/mol. The molecular weight excluding hydrogens is 264 g/mol. The maximum Gasteiger partial charge on any atom is 0.227 e. The van der Waals surface area contributed by atoms with Gasteiger partial charge in [0, 0.05) is 19.1 Å². The quantitative estimate of drug-likeness (QED) is 0.923. The number of hydrogen-bond acceptors (Lipinski definition) is 3. The van der Waals surface area contributed by atoms with E-state index >= 15 is 0 Å². The maximum atomic E-state index is 12.5. The van der Waals surface area contributed by atoms with Crippen LogP contribution in [0, 0.1) is 11.8 Å². The highest BCUT2D eigenvalue weighted by Crippen LogP contribution is 2.35. The average molecular weight is 288 g/mol. The van der Waals surface area contributed by atoms with Crippen molar-refractivity contribution in [2.75, 3.05) is 20.2 Å². The van der Waals surface area contributed by atoms with E-state index in [1.54, 1.807) is 7.11 Å². The lowest BCUT2D eigenvalue weighted by atomic mass is 9.79. The van der Waals surface area contributed by atoms with Gasteiger partial charge >= 0.3 is 0 Å². The number of carbonyl (C=O) groups excluding carboxylic acids is 1. The SMILES string of the molecule is COc1cccc(CC(=O)N2C[C@H]3CCC(N)C[C@H]3C2)c1. The van der Waals surface area contributed by atoms with Gasteiger partial charge in [-0.1, -0.05) is 12.1 Å².